The minimum absolute atomic E-state index is 0.0305. The molecule has 1 fully saturated rings. The van der Waals surface area contributed by atoms with Gasteiger partial charge in [-0.1, -0.05) is 17.7 Å². The van der Waals surface area contributed by atoms with E-state index in [0.29, 0.717) is 29.2 Å². The number of piperidine rings is 1. The number of ether oxygens (including phenoxy) is 1. The van der Waals surface area contributed by atoms with Crippen molar-refractivity contribution in [3.8, 4) is 11.8 Å². The number of carbonyl (C=O) groups excluding carboxylic acids is 1. The zero-order chi connectivity index (χ0) is 16.9. The minimum atomic E-state index is -0.0305. The van der Waals surface area contributed by atoms with E-state index in [0.717, 1.165) is 18.6 Å². The molecule has 0 radical (unpaired) electrons. The van der Waals surface area contributed by atoms with Crippen LogP contribution in [0, 0.1) is 11.3 Å². The summed E-state index contributed by atoms with van der Waals surface area (Å²) >= 11 is 5.87. The van der Waals surface area contributed by atoms with Gasteiger partial charge in [0.1, 0.15) is 11.9 Å². The molecule has 0 aliphatic carbocycles. The van der Waals surface area contributed by atoms with Crippen LogP contribution in [0.1, 0.15) is 28.8 Å². The Kier molecular flexibility index (Phi) is 5.02. The summed E-state index contributed by atoms with van der Waals surface area (Å²) < 4.78 is 5.94. The molecule has 1 heterocycles. The topological polar surface area (TPSA) is 53.3 Å². The van der Waals surface area contributed by atoms with Gasteiger partial charge in [0.05, 0.1) is 11.6 Å². The second-order valence-electron chi connectivity index (χ2n) is 5.76. The van der Waals surface area contributed by atoms with Gasteiger partial charge in [0.2, 0.25) is 0 Å². The lowest BCUT2D eigenvalue weighted by molar-refractivity contribution is 0.0595. The van der Waals surface area contributed by atoms with Crippen molar-refractivity contribution in [2.45, 2.75) is 18.9 Å². The van der Waals surface area contributed by atoms with E-state index in [9.17, 15) is 4.79 Å². The van der Waals surface area contributed by atoms with Gasteiger partial charge in [0.15, 0.2) is 0 Å². The average Bonchev–Trinajstić information content (AvgIpc) is 2.64. The summed E-state index contributed by atoms with van der Waals surface area (Å²) in [5, 5.41) is 9.63. The number of hydrogen-bond acceptors (Lipinski definition) is 3. The lowest BCUT2D eigenvalue weighted by atomic mass is 10.1. The summed E-state index contributed by atoms with van der Waals surface area (Å²) in [5.74, 6) is 0.767. The molecule has 2 aromatic carbocycles. The van der Waals surface area contributed by atoms with Crippen molar-refractivity contribution in [2.24, 2.45) is 0 Å². The highest BCUT2D eigenvalue weighted by molar-refractivity contribution is 6.30. The number of nitriles is 1. The summed E-state index contributed by atoms with van der Waals surface area (Å²) in [4.78, 5) is 14.3. The van der Waals surface area contributed by atoms with Crippen molar-refractivity contribution in [2.75, 3.05) is 13.1 Å². The van der Waals surface area contributed by atoms with E-state index < -0.39 is 0 Å². The fraction of sp³-hybridized carbons (Fsp3) is 0.263. The Morgan fingerprint density at radius 2 is 1.88 bits per heavy atom. The third-order valence-electron chi connectivity index (χ3n) is 4.08. The van der Waals surface area contributed by atoms with Crippen LogP contribution in [0.3, 0.4) is 0 Å². The third-order valence-corrected chi connectivity index (χ3v) is 4.34. The van der Waals surface area contributed by atoms with Gasteiger partial charge in [-0.3, -0.25) is 4.79 Å². The zero-order valence-corrected chi connectivity index (χ0v) is 13.9. The number of amides is 1. The Morgan fingerprint density at radius 3 is 2.54 bits per heavy atom. The second-order valence-corrected chi connectivity index (χ2v) is 6.19. The van der Waals surface area contributed by atoms with Gasteiger partial charge in [-0.15, -0.1) is 0 Å². The number of hydrogen-bond donors (Lipinski definition) is 0. The quantitative estimate of drug-likeness (QED) is 0.851. The highest BCUT2D eigenvalue weighted by Crippen LogP contribution is 2.22. The zero-order valence-electron chi connectivity index (χ0n) is 13.1. The van der Waals surface area contributed by atoms with E-state index in [1.807, 2.05) is 17.0 Å². The van der Waals surface area contributed by atoms with E-state index in [-0.39, 0.29) is 12.0 Å². The van der Waals surface area contributed by atoms with Crippen LogP contribution in [0.2, 0.25) is 5.02 Å². The highest BCUT2D eigenvalue weighted by atomic mass is 35.5. The maximum absolute atomic E-state index is 12.5. The van der Waals surface area contributed by atoms with Crippen LogP contribution in [0.15, 0.2) is 48.5 Å². The van der Waals surface area contributed by atoms with Crippen LogP contribution in [-0.2, 0) is 0 Å². The molecule has 0 bridgehead atoms. The first-order valence-corrected chi connectivity index (χ1v) is 8.25. The molecular weight excluding hydrogens is 324 g/mol. The first-order valence-electron chi connectivity index (χ1n) is 7.87. The lowest BCUT2D eigenvalue weighted by Crippen LogP contribution is -2.41. The molecule has 5 heteroatoms. The SMILES string of the molecule is N#Cc1cccc(C(=O)N2CCC(Oc3ccc(Cl)cc3)CC2)c1. The van der Waals surface area contributed by atoms with Crippen molar-refractivity contribution >= 4 is 17.5 Å². The van der Waals surface area contributed by atoms with E-state index in [2.05, 4.69) is 6.07 Å². The van der Waals surface area contributed by atoms with Crippen molar-refractivity contribution < 1.29 is 9.53 Å². The molecule has 122 valence electrons. The van der Waals surface area contributed by atoms with Crippen molar-refractivity contribution in [3.05, 3.63) is 64.7 Å². The first-order chi connectivity index (χ1) is 11.7. The van der Waals surface area contributed by atoms with Gasteiger partial charge < -0.3 is 9.64 Å². The summed E-state index contributed by atoms with van der Waals surface area (Å²) in [7, 11) is 0. The maximum atomic E-state index is 12.5. The minimum Gasteiger partial charge on any atom is -0.490 e. The molecule has 2 aromatic rings. The standard InChI is InChI=1S/C19H17ClN2O2/c20-16-4-6-17(7-5-16)24-18-8-10-22(11-9-18)19(23)15-3-1-2-14(12-15)13-21/h1-7,12,18H,8-11H2. The Bertz CT molecular complexity index is 760. The largest absolute Gasteiger partial charge is 0.490 e. The summed E-state index contributed by atoms with van der Waals surface area (Å²) in [6.07, 6.45) is 1.67. The molecule has 0 saturated carbocycles. The summed E-state index contributed by atoms with van der Waals surface area (Å²) in [6, 6.07) is 16.2. The van der Waals surface area contributed by atoms with E-state index in [1.54, 1.807) is 36.4 Å². The van der Waals surface area contributed by atoms with Crippen LogP contribution in [0.5, 0.6) is 5.75 Å². The van der Waals surface area contributed by atoms with Crippen LogP contribution < -0.4 is 4.74 Å². The van der Waals surface area contributed by atoms with Crippen LogP contribution in [0.4, 0.5) is 0 Å². The molecule has 0 N–H and O–H groups in total. The summed E-state index contributed by atoms with van der Waals surface area (Å²) in [6.45, 7) is 1.29. The lowest BCUT2D eigenvalue weighted by Gasteiger charge is -2.32. The fourth-order valence-electron chi connectivity index (χ4n) is 2.79. The predicted molar refractivity (Wildman–Crippen MR) is 92.2 cm³/mol. The Morgan fingerprint density at radius 1 is 1.17 bits per heavy atom. The van der Waals surface area contributed by atoms with Crippen molar-refractivity contribution in [1.29, 1.82) is 5.26 Å². The van der Waals surface area contributed by atoms with Gasteiger partial charge in [0.25, 0.3) is 5.91 Å². The predicted octanol–water partition coefficient (Wildman–Crippen LogP) is 3.90. The average molecular weight is 341 g/mol. The molecule has 1 aliphatic heterocycles. The molecule has 0 atom stereocenters. The molecular formula is C19H17ClN2O2. The van der Waals surface area contributed by atoms with E-state index in [1.165, 1.54) is 0 Å². The number of benzene rings is 2. The molecule has 0 aromatic heterocycles. The smallest absolute Gasteiger partial charge is 0.253 e. The number of halogens is 1. The van der Waals surface area contributed by atoms with Crippen LogP contribution in [0.25, 0.3) is 0 Å². The monoisotopic (exact) mass is 340 g/mol. The Hall–Kier alpha value is -2.51. The molecule has 3 rings (SSSR count). The van der Waals surface area contributed by atoms with Crippen LogP contribution in [-0.4, -0.2) is 30.0 Å². The number of carbonyl (C=O) groups is 1. The number of rotatable bonds is 3. The van der Waals surface area contributed by atoms with E-state index in [4.69, 9.17) is 21.6 Å². The number of likely N-dealkylation sites (tertiary alicyclic amines) is 1. The molecule has 24 heavy (non-hydrogen) atoms. The third kappa shape index (κ3) is 3.87. The maximum Gasteiger partial charge on any atom is 0.253 e. The molecule has 0 unspecified atom stereocenters. The van der Waals surface area contributed by atoms with Gasteiger partial charge in [0, 0.05) is 36.5 Å². The van der Waals surface area contributed by atoms with Crippen LogP contribution >= 0.6 is 11.6 Å². The Labute approximate surface area is 146 Å². The first kappa shape index (κ1) is 16.4. The van der Waals surface area contributed by atoms with Crippen molar-refractivity contribution in [1.82, 2.24) is 4.90 Å². The summed E-state index contributed by atoms with van der Waals surface area (Å²) in [5.41, 5.74) is 1.06. The van der Waals surface area contributed by atoms with E-state index >= 15 is 0 Å². The number of nitrogens with zero attached hydrogens (tertiary/aromatic N) is 2. The van der Waals surface area contributed by atoms with Gasteiger partial charge in [-0.2, -0.15) is 5.26 Å². The van der Waals surface area contributed by atoms with Gasteiger partial charge in [-0.05, 0) is 42.5 Å². The fourth-order valence-corrected chi connectivity index (χ4v) is 2.91. The molecule has 1 saturated heterocycles. The normalized spacial score (nSPS) is 14.9. The molecule has 1 aliphatic rings. The van der Waals surface area contributed by atoms with Gasteiger partial charge >= 0.3 is 0 Å². The molecule has 4 nitrogen and oxygen atoms in total. The van der Waals surface area contributed by atoms with Gasteiger partial charge in [-0.25, -0.2) is 0 Å². The molecule has 1 amide bonds. The molecule has 0 spiro atoms. The second kappa shape index (κ2) is 7.37. The van der Waals surface area contributed by atoms with Crippen molar-refractivity contribution in [3.63, 3.8) is 0 Å². The Balaban J connectivity index is 1.57. The highest BCUT2D eigenvalue weighted by Gasteiger charge is 2.24.